The van der Waals surface area contributed by atoms with E-state index in [1.807, 2.05) is 0 Å². The number of carboxylic acid groups (broad SMARTS) is 1. The summed E-state index contributed by atoms with van der Waals surface area (Å²) in [5, 5.41) is 12.6. The second kappa shape index (κ2) is 4.52. The van der Waals surface area contributed by atoms with Gasteiger partial charge in [0, 0.05) is 6.54 Å². The van der Waals surface area contributed by atoms with Crippen molar-refractivity contribution in [2.24, 2.45) is 11.3 Å². The molecule has 0 bridgehead atoms. The Bertz CT molecular complexity index is 228. The van der Waals surface area contributed by atoms with Gasteiger partial charge in [-0.05, 0) is 25.3 Å². The SMILES string of the molecule is O=C(O)C1(CC2CCCCC2)CCNC1. The van der Waals surface area contributed by atoms with Gasteiger partial charge in [0.25, 0.3) is 0 Å². The lowest BCUT2D eigenvalue weighted by atomic mass is 9.74. The Morgan fingerprint density at radius 3 is 2.60 bits per heavy atom. The minimum absolute atomic E-state index is 0.442. The summed E-state index contributed by atoms with van der Waals surface area (Å²) in [4.78, 5) is 11.4. The zero-order valence-electron chi connectivity index (χ0n) is 9.30. The third-order valence-electron chi connectivity index (χ3n) is 4.10. The van der Waals surface area contributed by atoms with E-state index in [1.54, 1.807) is 0 Å². The van der Waals surface area contributed by atoms with Crippen molar-refractivity contribution in [3.63, 3.8) is 0 Å². The van der Waals surface area contributed by atoms with E-state index in [0.29, 0.717) is 12.5 Å². The molecule has 2 aliphatic rings. The number of nitrogens with one attached hydrogen (secondary N) is 1. The summed E-state index contributed by atoms with van der Waals surface area (Å²) in [5.74, 6) is 0.0767. The summed E-state index contributed by atoms with van der Waals surface area (Å²) < 4.78 is 0. The molecular weight excluding hydrogens is 190 g/mol. The molecule has 1 aliphatic heterocycles. The van der Waals surface area contributed by atoms with E-state index in [9.17, 15) is 9.90 Å². The van der Waals surface area contributed by atoms with E-state index in [-0.39, 0.29) is 0 Å². The molecule has 15 heavy (non-hydrogen) atoms. The Kier molecular flexibility index (Phi) is 3.29. The lowest BCUT2D eigenvalue weighted by molar-refractivity contribution is -0.149. The van der Waals surface area contributed by atoms with Crippen molar-refractivity contribution < 1.29 is 9.90 Å². The first-order valence-corrected chi connectivity index (χ1v) is 6.17. The topological polar surface area (TPSA) is 49.3 Å². The van der Waals surface area contributed by atoms with Crippen LogP contribution in [-0.4, -0.2) is 24.2 Å². The highest BCUT2D eigenvalue weighted by atomic mass is 16.4. The van der Waals surface area contributed by atoms with E-state index in [4.69, 9.17) is 0 Å². The molecule has 86 valence electrons. The van der Waals surface area contributed by atoms with E-state index in [1.165, 1.54) is 32.1 Å². The van der Waals surface area contributed by atoms with Crippen molar-refractivity contribution in [2.45, 2.75) is 44.9 Å². The molecule has 1 unspecified atom stereocenters. The maximum absolute atomic E-state index is 11.4. The van der Waals surface area contributed by atoms with Crippen LogP contribution in [0.5, 0.6) is 0 Å². The van der Waals surface area contributed by atoms with Crippen molar-refractivity contribution in [2.75, 3.05) is 13.1 Å². The van der Waals surface area contributed by atoms with Crippen molar-refractivity contribution >= 4 is 5.97 Å². The van der Waals surface area contributed by atoms with E-state index >= 15 is 0 Å². The van der Waals surface area contributed by atoms with Gasteiger partial charge in [0.15, 0.2) is 0 Å². The Labute approximate surface area is 91.2 Å². The minimum Gasteiger partial charge on any atom is -0.481 e. The smallest absolute Gasteiger partial charge is 0.310 e. The maximum atomic E-state index is 11.4. The molecule has 1 atom stereocenters. The molecule has 2 fully saturated rings. The summed E-state index contributed by atoms with van der Waals surface area (Å²) in [6, 6.07) is 0. The molecule has 1 heterocycles. The molecule has 1 saturated heterocycles. The molecule has 0 amide bonds. The third-order valence-corrected chi connectivity index (χ3v) is 4.10. The van der Waals surface area contributed by atoms with E-state index in [0.717, 1.165) is 19.4 Å². The Hall–Kier alpha value is -0.570. The van der Waals surface area contributed by atoms with Crippen molar-refractivity contribution in [3.05, 3.63) is 0 Å². The molecule has 1 saturated carbocycles. The third kappa shape index (κ3) is 2.33. The quantitative estimate of drug-likeness (QED) is 0.751. The number of rotatable bonds is 3. The van der Waals surface area contributed by atoms with Gasteiger partial charge in [0.05, 0.1) is 5.41 Å². The van der Waals surface area contributed by atoms with Gasteiger partial charge in [0.2, 0.25) is 0 Å². The number of carboxylic acids is 1. The molecular formula is C12H21NO2. The molecule has 1 aliphatic carbocycles. The zero-order chi connectivity index (χ0) is 10.7. The average molecular weight is 211 g/mol. The van der Waals surface area contributed by atoms with Crippen LogP contribution in [0.4, 0.5) is 0 Å². The van der Waals surface area contributed by atoms with Gasteiger partial charge in [-0.1, -0.05) is 32.1 Å². The van der Waals surface area contributed by atoms with Gasteiger partial charge < -0.3 is 10.4 Å². The number of aliphatic carboxylic acids is 1. The second-order valence-electron chi connectivity index (χ2n) is 5.22. The molecule has 0 spiro atoms. The van der Waals surface area contributed by atoms with E-state index in [2.05, 4.69) is 5.32 Å². The highest BCUT2D eigenvalue weighted by molar-refractivity contribution is 5.75. The molecule has 2 rings (SSSR count). The Morgan fingerprint density at radius 1 is 1.33 bits per heavy atom. The normalized spacial score (nSPS) is 33.1. The van der Waals surface area contributed by atoms with Crippen LogP contribution in [0.2, 0.25) is 0 Å². The zero-order valence-corrected chi connectivity index (χ0v) is 9.30. The first-order chi connectivity index (χ1) is 7.23. The molecule has 3 nitrogen and oxygen atoms in total. The van der Waals surface area contributed by atoms with Crippen LogP contribution in [0.25, 0.3) is 0 Å². The Morgan fingerprint density at radius 2 is 2.07 bits per heavy atom. The van der Waals surface area contributed by atoms with Crippen LogP contribution in [0, 0.1) is 11.3 Å². The summed E-state index contributed by atoms with van der Waals surface area (Å²) in [5.41, 5.74) is -0.442. The van der Waals surface area contributed by atoms with Crippen LogP contribution in [-0.2, 0) is 4.79 Å². The fourth-order valence-corrected chi connectivity index (χ4v) is 3.13. The molecule has 0 aromatic carbocycles. The predicted molar refractivity (Wildman–Crippen MR) is 58.7 cm³/mol. The van der Waals surface area contributed by atoms with Crippen molar-refractivity contribution in [1.82, 2.24) is 5.32 Å². The molecule has 2 N–H and O–H groups in total. The van der Waals surface area contributed by atoms with Crippen LogP contribution < -0.4 is 5.32 Å². The predicted octanol–water partition coefficient (Wildman–Crippen LogP) is 2.02. The van der Waals surface area contributed by atoms with Gasteiger partial charge in [-0.15, -0.1) is 0 Å². The monoisotopic (exact) mass is 211 g/mol. The van der Waals surface area contributed by atoms with Crippen molar-refractivity contribution in [1.29, 1.82) is 0 Å². The molecule has 3 heteroatoms. The largest absolute Gasteiger partial charge is 0.481 e. The first-order valence-electron chi connectivity index (χ1n) is 6.17. The van der Waals surface area contributed by atoms with Gasteiger partial charge in [-0.25, -0.2) is 0 Å². The van der Waals surface area contributed by atoms with Crippen LogP contribution in [0.3, 0.4) is 0 Å². The summed E-state index contributed by atoms with van der Waals surface area (Å²) in [7, 11) is 0. The van der Waals surface area contributed by atoms with E-state index < -0.39 is 11.4 Å². The fourth-order valence-electron chi connectivity index (χ4n) is 3.13. The second-order valence-corrected chi connectivity index (χ2v) is 5.22. The Balaban J connectivity index is 1.96. The lowest BCUT2D eigenvalue weighted by Crippen LogP contribution is -2.35. The molecule has 0 aromatic heterocycles. The highest BCUT2D eigenvalue weighted by Crippen LogP contribution is 2.38. The minimum atomic E-state index is -0.585. The van der Waals surface area contributed by atoms with Crippen LogP contribution in [0.1, 0.15) is 44.9 Å². The van der Waals surface area contributed by atoms with Gasteiger partial charge in [0.1, 0.15) is 0 Å². The number of hydrogen-bond donors (Lipinski definition) is 2. The molecule has 0 aromatic rings. The fraction of sp³-hybridized carbons (Fsp3) is 0.917. The molecule has 0 radical (unpaired) electrons. The van der Waals surface area contributed by atoms with Gasteiger partial charge >= 0.3 is 5.97 Å². The lowest BCUT2D eigenvalue weighted by Gasteiger charge is -2.30. The number of carbonyl (C=O) groups is 1. The van der Waals surface area contributed by atoms with Crippen LogP contribution >= 0.6 is 0 Å². The van der Waals surface area contributed by atoms with Crippen molar-refractivity contribution in [3.8, 4) is 0 Å². The summed E-state index contributed by atoms with van der Waals surface area (Å²) in [6.45, 7) is 1.55. The summed E-state index contributed by atoms with van der Waals surface area (Å²) in [6.07, 6.45) is 8.15. The highest BCUT2D eigenvalue weighted by Gasteiger charge is 2.42. The first kappa shape index (κ1) is 10.9. The summed E-state index contributed by atoms with van der Waals surface area (Å²) >= 11 is 0. The number of hydrogen-bond acceptors (Lipinski definition) is 2. The standard InChI is InChI=1S/C12H21NO2/c14-11(15)12(6-7-13-9-12)8-10-4-2-1-3-5-10/h10,13H,1-9H2,(H,14,15). The maximum Gasteiger partial charge on any atom is 0.310 e. The van der Waals surface area contributed by atoms with Gasteiger partial charge in [-0.3, -0.25) is 4.79 Å². The van der Waals surface area contributed by atoms with Gasteiger partial charge in [-0.2, -0.15) is 0 Å². The van der Waals surface area contributed by atoms with Crippen LogP contribution in [0.15, 0.2) is 0 Å². The average Bonchev–Trinajstić information content (AvgIpc) is 2.69.